The van der Waals surface area contributed by atoms with Crippen LogP contribution < -0.4 is 0 Å². The molecule has 0 aliphatic rings. The molecule has 0 unspecified atom stereocenters. The van der Waals surface area contributed by atoms with Crippen LogP contribution in [-0.4, -0.2) is 4.92 Å². The molecule has 0 aromatic heterocycles. The number of benzene rings is 1. The quantitative estimate of drug-likeness (QED) is 0.327. The number of hydrogen-bond acceptors (Lipinski definition) is 2. The molecule has 1 aromatic rings. The number of aryl methyl sites for hydroxylation is 1. The van der Waals surface area contributed by atoms with Crippen molar-refractivity contribution in [2.45, 2.75) is 64.7 Å². The minimum Gasteiger partial charge on any atom is -0.258 e. The summed E-state index contributed by atoms with van der Waals surface area (Å²) in [5, 5.41) is 10.5. The maximum absolute atomic E-state index is 10.5. The smallest absolute Gasteiger partial charge is 0.258 e. The van der Waals surface area contributed by atoms with Gasteiger partial charge in [0.25, 0.3) is 5.69 Å². The molecular formula is C16H25NO2. The number of nitro groups is 1. The minimum atomic E-state index is -0.347. The Labute approximate surface area is 116 Å². The Balaban J connectivity index is 2.07. The zero-order valence-electron chi connectivity index (χ0n) is 11.9. The number of non-ortho nitro benzene ring substituents is 1. The molecule has 0 saturated heterocycles. The van der Waals surface area contributed by atoms with Crippen molar-refractivity contribution in [3.8, 4) is 0 Å². The fourth-order valence-corrected chi connectivity index (χ4v) is 2.25. The minimum absolute atomic E-state index is 0.180. The lowest BCUT2D eigenvalue weighted by atomic mass is 10.0. The lowest BCUT2D eigenvalue weighted by molar-refractivity contribution is -0.384. The third-order valence-electron chi connectivity index (χ3n) is 3.47. The number of hydrogen-bond donors (Lipinski definition) is 0. The standard InChI is InChI=1S/C16H25NO2/c1-2-3-4-5-6-7-8-9-10-15-11-13-16(14-12-15)17(18)19/h11-14H,2-10H2,1H3. The number of rotatable bonds is 10. The highest BCUT2D eigenvalue weighted by molar-refractivity contribution is 5.32. The zero-order valence-corrected chi connectivity index (χ0v) is 11.9. The maximum atomic E-state index is 10.5. The molecular weight excluding hydrogens is 238 g/mol. The van der Waals surface area contributed by atoms with E-state index < -0.39 is 0 Å². The summed E-state index contributed by atoms with van der Waals surface area (Å²) in [6, 6.07) is 6.94. The van der Waals surface area contributed by atoms with Gasteiger partial charge in [-0.2, -0.15) is 0 Å². The summed E-state index contributed by atoms with van der Waals surface area (Å²) in [6.45, 7) is 2.24. The van der Waals surface area contributed by atoms with E-state index in [1.807, 2.05) is 12.1 Å². The molecule has 0 saturated carbocycles. The number of nitro benzene ring substituents is 1. The second kappa shape index (κ2) is 9.54. The van der Waals surface area contributed by atoms with Gasteiger partial charge >= 0.3 is 0 Å². The SMILES string of the molecule is CCCCCCCCCCc1ccc([N+](=O)[O-])cc1. The van der Waals surface area contributed by atoms with E-state index in [1.54, 1.807) is 12.1 Å². The average molecular weight is 263 g/mol. The zero-order chi connectivity index (χ0) is 13.9. The summed E-state index contributed by atoms with van der Waals surface area (Å²) >= 11 is 0. The summed E-state index contributed by atoms with van der Waals surface area (Å²) in [6.07, 6.45) is 11.6. The van der Waals surface area contributed by atoms with Crippen molar-refractivity contribution in [2.75, 3.05) is 0 Å². The molecule has 1 rings (SSSR count). The van der Waals surface area contributed by atoms with Crippen LogP contribution in [0.5, 0.6) is 0 Å². The van der Waals surface area contributed by atoms with Gasteiger partial charge in [0.05, 0.1) is 4.92 Å². The van der Waals surface area contributed by atoms with Crippen LogP contribution in [0.4, 0.5) is 5.69 Å². The van der Waals surface area contributed by atoms with Gasteiger partial charge in [-0.3, -0.25) is 10.1 Å². The fourth-order valence-electron chi connectivity index (χ4n) is 2.25. The van der Waals surface area contributed by atoms with Crippen LogP contribution in [-0.2, 0) is 6.42 Å². The van der Waals surface area contributed by atoms with Crippen LogP contribution >= 0.6 is 0 Å². The Hall–Kier alpha value is -1.38. The molecule has 3 heteroatoms. The van der Waals surface area contributed by atoms with Crippen molar-refractivity contribution >= 4 is 5.69 Å². The van der Waals surface area contributed by atoms with Crippen molar-refractivity contribution in [1.29, 1.82) is 0 Å². The molecule has 0 spiro atoms. The van der Waals surface area contributed by atoms with E-state index in [1.165, 1.54) is 56.9 Å². The Kier molecular flexibility index (Phi) is 7.87. The molecule has 0 radical (unpaired) electrons. The van der Waals surface area contributed by atoms with Crippen molar-refractivity contribution < 1.29 is 4.92 Å². The molecule has 1 aromatic carbocycles. The monoisotopic (exact) mass is 263 g/mol. The van der Waals surface area contributed by atoms with Crippen LogP contribution in [0.25, 0.3) is 0 Å². The van der Waals surface area contributed by atoms with E-state index in [9.17, 15) is 10.1 Å². The van der Waals surface area contributed by atoms with E-state index >= 15 is 0 Å². The van der Waals surface area contributed by atoms with Gasteiger partial charge in [0.2, 0.25) is 0 Å². The van der Waals surface area contributed by atoms with E-state index in [0.29, 0.717) is 0 Å². The van der Waals surface area contributed by atoms with Gasteiger partial charge in [-0.1, -0.05) is 64.0 Å². The van der Waals surface area contributed by atoms with Gasteiger partial charge in [-0.05, 0) is 18.4 Å². The van der Waals surface area contributed by atoms with Crippen LogP contribution in [0.1, 0.15) is 63.9 Å². The van der Waals surface area contributed by atoms with Crippen molar-refractivity contribution in [3.05, 3.63) is 39.9 Å². The largest absolute Gasteiger partial charge is 0.269 e. The molecule has 0 heterocycles. The van der Waals surface area contributed by atoms with Crippen molar-refractivity contribution in [2.24, 2.45) is 0 Å². The van der Waals surface area contributed by atoms with Gasteiger partial charge in [0.15, 0.2) is 0 Å². The van der Waals surface area contributed by atoms with Crippen molar-refractivity contribution in [3.63, 3.8) is 0 Å². The predicted molar refractivity (Wildman–Crippen MR) is 79.4 cm³/mol. The molecule has 0 atom stereocenters. The van der Waals surface area contributed by atoms with Gasteiger partial charge in [-0.25, -0.2) is 0 Å². The molecule has 0 fully saturated rings. The van der Waals surface area contributed by atoms with Gasteiger partial charge in [0.1, 0.15) is 0 Å². The molecule has 0 aliphatic heterocycles. The third kappa shape index (κ3) is 6.94. The summed E-state index contributed by atoms with van der Waals surface area (Å²) in [4.78, 5) is 10.2. The van der Waals surface area contributed by atoms with Gasteiger partial charge in [0, 0.05) is 12.1 Å². The highest BCUT2D eigenvalue weighted by atomic mass is 16.6. The highest BCUT2D eigenvalue weighted by Gasteiger charge is 2.03. The first-order valence-corrected chi connectivity index (χ1v) is 7.47. The van der Waals surface area contributed by atoms with Gasteiger partial charge < -0.3 is 0 Å². The predicted octanol–water partition coefficient (Wildman–Crippen LogP) is 5.28. The lowest BCUT2D eigenvalue weighted by Gasteiger charge is -2.02. The van der Waals surface area contributed by atoms with Crippen LogP contribution in [0.15, 0.2) is 24.3 Å². The Bertz CT molecular complexity index is 360. The topological polar surface area (TPSA) is 43.1 Å². The average Bonchev–Trinajstić information content (AvgIpc) is 2.42. The van der Waals surface area contributed by atoms with E-state index in [2.05, 4.69) is 6.92 Å². The first kappa shape index (κ1) is 15.7. The fraction of sp³-hybridized carbons (Fsp3) is 0.625. The van der Waals surface area contributed by atoms with Crippen LogP contribution in [0.3, 0.4) is 0 Å². The summed E-state index contributed by atoms with van der Waals surface area (Å²) in [5.74, 6) is 0. The Morgan fingerprint density at radius 2 is 1.42 bits per heavy atom. The second-order valence-electron chi connectivity index (χ2n) is 5.15. The Morgan fingerprint density at radius 1 is 0.895 bits per heavy atom. The van der Waals surface area contributed by atoms with Crippen LogP contribution in [0, 0.1) is 10.1 Å². The van der Waals surface area contributed by atoms with E-state index in [-0.39, 0.29) is 10.6 Å². The normalized spacial score (nSPS) is 10.6. The summed E-state index contributed by atoms with van der Waals surface area (Å²) in [5.41, 5.74) is 1.39. The van der Waals surface area contributed by atoms with E-state index in [4.69, 9.17) is 0 Å². The molecule has 0 N–H and O–H groups in total. The molecule has 19 heavy (non-hydrogen) atoms. The van der Waals surface area contributed by atoms with Crippen LogP contribution in [0.2, 0.25) is 0 Å². The highest BCUT2D eigenvalue weighted by Crippen LogP contribution is 2.15. The lowest BCUT2D eigenvalue weighted by Crippen LogP contribution is -1.90. The summed E-state index contributed by atoms with van der Waals surface area (Å²) in [7, 11) is 0. The molecule has 0 amide bonds. The molecule has 0 aliphatic carbocycles. The van der Waals surface area contributed by atoms with Crippen molar-refractivity contribution in [1.82, 2.24) is 0 Å². The van der Waals surface area contributed by atoms with E-state index in [0.717, 1.165) is 6.42 Å². The van der Waals surface area contributed by atoms with Gasteiger partial charge in [-0.15, -0.1) is 0 Å². The summed E-state index contributed by atoms with van der Waals surface area (Å²) < 4.78 is 0. The molecule has 0 bridgehead atoms. The third-order valence-corrected chi connectivity index (χ3v) is 3.47. The maximum Gasteiger partial charge on any atom is 0.269 e. The molecule has 106 valence electrons. The molecule has 3 nitrogen and oxygen atoms in total. The number of unbranched alkanes of at least 4 members (excludes halogenated alkanes) is 7. The first-order chi connectivity index (χ1) is 9.24. The Morgan fingerprint density at radius 3 is 1.95 bits per heavy atom. The first-order valence-electron chi connectivity index (χ1n) is 7.47. The second-order valence-corrected chi connectivity index (χ2v) is 5.15. The number of nitrogens with zero attached hydrogens (tertiary/aromatic N) is 1.